The van der Waals surface area contributed by atoms with E-state index in [9.17, 15) is 4.79 Å². The van der Waals surface area contributed by atoms with E-state index in [0.29, 0.717) is 18.3 Å². The number of carbonyl (C=O) groups is 1. The van der Waals surface area contributed by atoms with Crippen LogP contribution in [0.3, 0.4) is 0 Å². The maximum absolute atomic E-state index is 11.4. The second-order valence-corrected chi connectivity index (χ2v) is 6.46. The highest BCUT2D eigenvalue weighted by Gasteiger charge is 2.20. The van der Waals surface area contributed by atoms with Gasteiger partial charge in [-0.15, -0.1) is 0 Å². The summed E-state index contributed by atoms with van der Waals surface area (Å²) >= 11 is 0. The minimum atomic E-state index is -0.153. The van der Waals surface area contributed by atoms with Crippen LogP contribution in [0.5, 0.6) is 0 Å². The van der Waals surface area contributed by atoms with E-state index in [0.717, 1.165) is 47.6 Å². The molecule has 7 heteroatoms. The first kappa shape index (κ1) is 16.7. The van der Waals surface area contributed by atoms with Crippen molar-refractivity contribution in [3.63, 3.8) is 0 Å². The summed E-state index contributed by atoms with van der Waals surface area (Å²) in [6, 6.07) is 7.84. The van der Waals surface area contributed by atoms with E-state index in [4.69, 9.17) is 14.8 Å². The van der Waals surface area contributed by atoms with Gasteiger partial charge in [0, 0.05) is 42.8 Å². The lowest BCUT2D eigenvalue weighted by Gasteiger charge is -2.10. The molecule has 1 fully saturated rings. The topological polar surface area (TPSA) is 81.9 Å². The second kappa shape index (κ2) is 6.84. The van der Waals surface area contributed by atoms with Crippen LogP contribution >= 0.6 is 0 Å². The number of aryl methyl sites for hydroxylation is 1. The highest BCUT2D eigenvalue weighted by molar-refractivity contribution is 5.91. The predicted octanol–water partition coefficient (Wildman–Crippen LogP) is 2.84. The van der Waals surface area contributed by atoms with Crippen molar-refractivity contribution in [1.29, 1.82) is 0 Å². The summed E-state index contributed by atoms with van der Waals surface area (Å²) in [5, 5.41) is 8.44. The smallest absolute Gasteiger partial charge is 0.222 e. The average molecular weight is 351 g/mol. The van der Waals surface area contributed by atoms with Crippen LogP contribution in [0, 0.1) is 0 Å². The molecule has 4 rings (SSSR count). The zero-order valence-electron chi connectivity index (χ0n) is 14.9. The van der Waals surface area contributed by atoms with Crippen LogP contribution in [0.4, 0.5) is 5.82 Å². The Hall–Kier alpha value is -2.80. The highest BCUT2D eigenvalue weighted by Crippen LogP contribution is 2.27. The molecule has 1 saturated heterocycles. The monoisotopic (exact) mass is 351 g/mol. The molecule has 4 heterocycles. The van der Waals surface area contributed by atoms with Crippen molar-refractivity contribution < 1.29 is 9.53 Å². The molecule has 3 aromatic rings. The number of aromatic nitrogens is 4. The van der Waals surface area contributed by atoms with E-state index in [-0.39, 0.29) is 5.91 Å². The van der Waals surface area contributed by atoms with Gasteiger partial charge in [0.1, 0.15) is 5.82 Å². The lowest BCUT2D eigenvalue weighted by Crippen LogP contribution is -2.08. The molecule has 134 valence electrons. The van der Waals surface area contributed by atoms with Crippen LogP contribution in [-0.4, -0.2) is 38.9 Å². The molecule has 7 nitrogen and oxygen atoms in total. The van der Waals surface area contributed by atoms with Gasteiger partial charge >= 0.3 is 0 Å². The summed E-state index contributed by atoms with van der Waals surface area (Å²) < 4.78 is 7.32. The largest absolute Gasteiger partial charge is 0.381 e. The van der Waals surface area contributed by atoms with Crippen LogP contribution in [0.1, 0.15) is 37.6 Å². The Kier molecular flexibility index (Phi) is 4.38. The number of hydrogen-bond donors (Lipinski definition) is 1. The molecule has 0 aromatic carbocycles. The maximum Gasteiger partial charge on any atom is 0.222 e. The molecule has 3 aromatic heterocycles. The van der Waals surface area contributed by atoms with Gasteiger partial charge in [-0.1, -0.05) is 13.0 Å². The Morgan fingerprint density at radius 3 is 3.04 bits per heavy atom. The highest BCUT2D eigenvalue weighted by atomic mass is 16.5. The number of hydrogen-bond acceptors (Lipinski definition) is 5. The Labute approximate surface area is 151 Å². The van der Waals surface area contributed by atoms with E-state index in [1.165, 1.54) is 6.92 Å². The van der Waals surface area contributed by atoms with Crippen LogP contribution in [0.2, 0.25) is 0 Å². The summed E-state index contributed by atoms with van der Waals surface area (Å²) in [5.74, 6) is 1.45. The van der Waals surface area contributed by atoms with Gasteiger partial charge in [-0.25, -0.2) is 14.6 Å². The molecule has 1 amide bonds. The summed E-state index contributed by atoms with van der Waals surface area (Å²) in [5.41, 5.74) is 2.86. The average Bonchev–Trinajstić information content (AvgIpc) is 3.29. The summed E-state index contributed by atoms with van der Waals surface area (Å²) in [6.45, 7) is 5.03. The molecule has 1 atom stereocenters. The molecular formula is C19H21N5O2. The number of anilines is 1. The zero-order valence-corrected chi connectivity index (χ0v) is 14.9. The van der Waals surface area contributed by atoms with Gasteiger partial charge in [0.05, 0.1) is 17.8 Å². The third kappa shape index (κ3) is 3.06. The van der Waals surface area contributed by atoms with Crippen LogP contribution in [0.15, 0.2) is 30.5 Å². The fraction of sp³-hybridized carbons (Fsp3) is 0.368. The molecule has 26 heavy (non-hydrogen) atoms. The van der Waals surface area contributed by atoms with Crippen LogP contribution in [-0.2, 0) is 16.0 Å². The quantitative estimate of drug-likeness (QED) is 0.781. The van der Waals surface area contributed by atoms with Crippen molar-refractivity contribution in [3.05, 3.63) is 41.9 Å². The first-order chi connectivity index (χ1) is 12.7. The summed E-state index contributed by atoms with van der Waals surface area (Å²) in [7, 11) is 0. The van der Waals surface area contributed by atoms with Crippen molar-refractivity contribution in [3.8, 4) is 5.82 Å². The molecule has 1 N–H and O–H groups in total. The van der Waals surface area contributed by atoms with Gasteiger partial charge in [-0.2, -0.15) is 5.10 Å². The number of rotatable bonds is 4. The minimum absolute atomic E-state index is 0.153. The number of carbonyl (C=O) groups excluding carboxylic acids is 1. The van der Waals surface area contributed by atoms with Crippen molar-refractivity contribution in [2.75, 3.05) is 18.5 Å². The first-order valence-corrected chi connectivity index (χ1v) is 8.86. The predicted molar refractivity (Wildman–Crippen MR) is 98.5 cm³/mol. The number of fused-ring (bicyclic) bond motifs is 1. The molecule has 0 unspecified atom stereocenters. The number of pyridine rings is 2. The Balaban J connectivity index is 1.82. The standard InChI is InChI=1S/C19H21N5O2/c1-3-15-14-10-20-18(21-12(2)25)9-17(14)24(23-15)19-6-4-5-16(22-19)13-7-8-26-11-13/h4-6,9-10,13H,3,7-8,11H2,1-2H3,(H,20,21,25)/t13-/m0/s1. The van der Waals surface area contributed by atoms with Crippen LogP contribution in [0.25, 0.3) is 16.7 Å². The molecule has 0 spiro atoms. The second-order valence-electron chi connectivity index (χ2n) is 6.46. The Morgan fingerprint density at radius 2 is 2.31 bits per heavy atom. The van der Waals surface area contributed by atoms with Gasteiger partial charge in [0.15, 0.2) is 5.82 Å². The zero-order chi connectivity index (χ0) is 18.1. The molecule has 0 radical (unpaired) electrons. The van der Waals surface area contributed by atoms with E-state index in [2.05, 4.69) is 17.2 Å². The number of ether oxygens (including phenoxy) is 1. The normalized spacial score (nSPS) is 16.9. The summed E-state index contributed by atoms with van der Waals surface area (Å²) in [4.78, 5) is 20.5. The molecule has 0 aliphatic carbocycles. The van der Waals surface area contributed by atoms with Crippen molar-refractivity contribution in [2.24, 2.45) is 0 Å². The molecule has 0 saturated carbocycles. The SMILES string of the molecule is CCc1nn(-c2cccc([C@H]3CCOC3)n2)c2cc(NC(C)=O)ncc12. The Bertz CT molecular complexity index is 960. The lowest BCUT2D eigenvalue weighted by atomic mass is 10.0. The Morgan fingerprint density at radius 1 is 1.42 bits per heavy atom. The van der Waals surface area contributed by atoms with Gasteiger partial charge in [0.25, 0.3) is 0 Å². The van der Waals surface area contributed by atoms with Gasteiger partial charge < -0.3 is 10.1 Å². The molecule has 1 aliphatic rings. The van der Waals surface area contributed by atoms with Gasteiger partial charge in [0.2, 0.25) is 5.91 Å². The molecular weight excluding hydrogens is 330 g/mol. The summed E-state index contributed by atoms with van der Waals surface area (Å²) in [6.07, 6.45) is 3.55. The van der Waals surface area contributed by atoms with Gasteiger partial charge in [-0.3, -0.25) is 4.79 Å². The fourth-order valence-corrected chi connectivity index (χ4v) is 3.31. The van der Waals surface area contributed by atoms with Crippen LogP contribution < -0.4 is 5.32 Å². The van der Waals surface area contributed by atoms with Gasteiger partial charge in [-0.05, 0) is 25.0 Å². The minimum Gasteiger partial charge on any atom is -0.381 e. The number of nitrogens with zero attached hydrogens (tertiary/aromatic N) is 4. The van der Waals surface area contributed by atoms with E-state index in [1.54, 1.807) is 6.20 Å². The van der Waals surface area contributed by atoms with Crippen molar-refractivity contribution in [2.45, 2.75) is 32.6 Å². The van der Waals surface area contributed by atoms with Crippen molar-refractivity contribution in [1.82, 2.24) is 19.7 Å². The van der Waals surface area contributed by atoms with E-state index in [1.807, 2.05) is 28.9 Å². The maximum atomic E-state index is 11.4. The number of amides is 1. The van der Waals surface area contributed by atoms with E-state index >= 15 is 0 Å². The molecule has 0 bridgehead atoms. The lowest BCUT2D eigenvalue weighted by molar-refractivity contribution is -0.114. The van der Waals surface area contributed by atoms with Crippen molar-refractivity contribution >= 4 is 22.6 Å². The van der Waals surface area contributed by atoms with E-state index < -0.39 is 0 Å². The fourth-order valence-electron chi connectivity index (χ4n) is 3.31. The first-order valence-electron chi connectivity index (χ1n) is 8.86. The molecule has 1 aliphatic heterocycles. The number of nitrogens with one attached hydrogen (secondary N) is 1. The third-order valence-corrected chi connectivity index (χ3v) is 4.60. The third-order valence-electron chi connectivity index (χ3n) is 4.60.